The van der Waals surface area contributed by atoms with Crippen LogP contribution in [-0.4, -0.2) is 30.1 Å². The second kappa shape index (κ2) is 6.46. The van der Waals surface area contributed by atoms with E-state index in [9.17, 15) is 0 Å². The Morgan fingerprint density at radius 3 is 3.00 bits per heavy atom. The molecular weight excluding hydrogens is 268 g/mol. The normalized spacial score (nSPS) is 28.3. The van der Waals surface area contributed by atoms with Crippen LogP contribution in [0, 0.1) is 0 Å². The Balaban J connectivity index is 1.69. The zero-order chi connectivity index (χ0) is 13.9. The Morgan fingerprint density at radius 1 is 1.30 bits per heavy atom. The molecule has 1 N–H and O–H groups in total. The summed E-state index contributed by atoms with van der Waals surface area (Å²) >= 11 is 6.14. The molecule has 1 aromatic carbocycles. The molecule has 1 aromatic rings. The molecule has 3 rings (SSSR count). The molecular formula is C17H25ClN2. The van der Waals surface area contributed by atoms with Crippen molar-refractivity contribution >= 4 is 11.6 Å². The molecule has 0 spiro atoms. The van der Waals surface area contributed by atoms with Crippen molar-refractivity contribution in [1.29, 1.82) is 0 Å². The van der Waals surface area contributed by atoms with E-state index < -0.39 is 0 Å². The van der Waals surface area contributed by atoms with Crippen LogP contribution in [0.15, 0.2) is 24.3 Å². The number of nitrogens with zero attached hydrogens (tertiary/aromatic N) is 1. The SMILES string of the molecule is CCC(NC1CCN2CCCCC12)c1cccc(Cl)c1. The minimum atomic E-state index is 0.431. The second-order valence-corrected chi connectivity index (χ2v) is 6.61. The van der Waals surface area contributed by atoms with Crippen molar-refractivity contribution in [3.8, 4) is 0 Å². The molecule has 0 radical (unpaired) electrons. The van der Waals surface area contributed by atoms with Gasteiger partial charge in [0.05, 0.1) is 0 Å². The number of hydrogen-bond donors (Lipinski definition) is 1. The van der Waals surface area contributed by atoms with Gasteiger partial charge in [0.25, 0.3) is 0 Å². The van der Waals surface area contributed by atoms with E-state index in [1.165, 1.54) is 44.3 Å². The van der Waals surface area contributed by atoms with E-state index in [-0.39, 0.29) is 0 Å². The van der Waals surface area contributed by atoms with Crippen LogP contribution in [-0.2, 0) is 0 Å². The van der Waals surface area contributed by atoms with Crippen molar-refractivity contribution in [2.75, 3.05) is 13.1 Å². The molecule has 0 aliphatic carbocycles. The fourth-order valence-corrected chi connectivity index (χ4v) is 4.07. The Labute approximate surface area is 127 Å². The molecule has 2 fully saturated rings. The van der Waals surface area contributed by atoms with Crippen LogP contribution in [0.5, 0.6) is 0 Å². The van der Waals surface area contributed by atoms with Crippen LogP contribution in [0.25, 0.3) is 0 Å². The molecule has 110 valence electrons. The summed E-state index contributed by atoms with van der Waals surface area (Å²) in [6.45, 7) is 4.83. The smallest absolute Gasteiger partial charge is 0.0409 e. The first-order chi connectivity index (χ1) is 9.78. The van der Waals surface area contributed by atoms with E-state index in [0.717, 1.165) is 17.5 Å². The van der Waals surface area contributed by atoms with Gasteiger partial charge in [0, 0.05) is 29.7 Å². The predicted octanol–water partition coefficient (Wildman–Crippen LogP) is 4.01. The van der Waals surface area contributed by atoms with Crippen molar-refractivity contribution in [1.82, 2.24) is 10.2 Å². The summed E-state index contributed by atoms with van der Waals surface area (Å²) in [5.74, 6) is 0. The summed E-state index contributed by atoms with van der Waals surface area (Å²) in [7, 11) is 0. The lowest BCUT2D eigenvalue weighted by Crippen LogP contribution is -2.45. The lowest BCUT2D eigenvalue weighted by Gasteiger charge is -2.34. The van der Waals surface area contributed by atoms with Crippen molar-refractivity contribution in [3.05, 3.63) is 34.9 Å². The van der Waals surface area contributed by atoms with Gasteiger partial charge in [-0.05, 0) is 49.9 Å². The summed E-state index contributed by atoms with van der Waals surface area (Å²) in [4.78, 5) is 2.69. The second-order valence-electron chi connectivity index (χ2n) is 6.18. The van der Waals surface area contributed by atoms with E-state index in [2.05, 4.69) is 35.3 Å². The summed E-state index contributed by atoms with van der Waals surface area (Å²) in [5, 5.41) is 4.75. The maximum absolute atomic E-state index is 6.14. The Bertz CT molecular complexity index is 448. The number of hydrogen-bond acceptors (Lipinski definition) is 2. The van der Waals surface area contributed by atoms with Gasteiger partial charge in [0.2, 0.25) is 0 Å². The van der Waals surface area contributed by atoms with E-state index in [1.807, 2.05) is 6.07 Å². The summed E-state index contributed by atoms with van der Waals surface area (Å²) in [6, 6.07) is 10.2. The molecule has 3 unspecified atom stereocenters. The highest BCUT2D eigenvalue weighted by Gasteiger charge is 2.36. The standard InChI is InChI=1S/C17H25ClN2/c1-2-15(13-6-5-7-14(18)12-13)19-16-9-11-20-10-4-3-8-17(16)20/h5-7,12,15-17,19H,2-4,8-11H2,1H3. The van der Waals surface area contributed by atoms with Gasteiger partial charge in [0.15, 0.2) is 0 Å². The highest BCUT2D eigenvalue weighted by atomic mass is 35.5. The van der Waals surface area contributed by atoms with E-state index in [1.54, 1.807) is 0 Å². The van der Waals surface area contributed by atoms with Gasteiger partial charge in [0.1, 0.15) is 0 Å². The minimum absolute atomic E-state index is 0.431. The highest BCUT2D eigenvalue weighted by molar-refractivity contribution is 6.30. The van der Waals surface area contributed by atoms with Crippen LogP contribution in [0.4, 0.5) is 0 Å². The van der Waals surface area contributed by atoms with Crippen molar-refractivity contribution < 1.29 is 0 Å². The van der Waals surface area contributed by atoms with Gasteiger partial charge in [-0.1, -0.05) is 37.1 Å². The fourth-order valence-electron chi connectivity index (χ4n) is 3.87. The quantitative estimate of drug-likeness (QED) is 0.902. The first-order valence-corrected chi connectivity index (χ1v) is 8.41. The van der Waals surface area contributed by atoms with E-state index in [4.69, 9.17) is 11.6 Å². The van der Waals surface area contributed by atoms with Crippen LogP contribution in [0.1, 0.15) is 50.6 Å². The largest absolute Gasteiger partial charge is 0.306 e. The molecule has 0 saturated carbocycles. The number of fused-ring (bicyclic) bond motifs is 1. The zero-order valence-electron chi connectivity index (χ0n) is 12.3. The van der Waals surface area contributed by atoms with Crippen LogP contribution >= 0.6 is 11.6 Å². The molecule has 3 atom stereocenters. The molecule has 0 bridgehead atoms. The predicted molar refractivity (Wildman–Crippen MR) is 85.2 cm³/mol. The molecule has 0 aromatic heterocycles. The third-order valence-corrected chi connectivity index (χ3v) is 5.17. The summed E-state index contributed by atoms with van der Waals surface area (Å²) in [6.07, 6.45) is 6.55. The average Bonchev–Trinajstić information content (AvgIpc) is 2.88. The Hall–Kier alpha value is -0.570. The van der Waals surface area contributed by atoms with Gasteiger partial charge in [-0.25, -0.2) is 0 Å². The third kappa shape index (κ3) is 3.03. The molecule has 2 heterocycles. The summed E-state index contributed by atoms with van der Waals surface area (Å²) in [5.41, 5.74) is 1.33. The summed E-state index contributed by atoms with van der Waals surface area (Å²) < 4.78 is 0. The topological polar surface area (TPSA) is 15.3 Å². The molecule has 2 aliphatic rings. The average molecular weight is 293 g/mol. The zero-order valence-corrected chi connectivity index (χ0v) is 13.1. The van der Waals surface area contributed by atoms with Gasteiger partial charge >= 0.3 is 0 Å². The Morgan fingerprint density at radius 2 is 2.20 bits per heavy atom. The lowest BCUT2D eigenvalue weighted by atomic mass is 9.96. The van der Waals surface area contributed by atoms with Crippen LogP contribution in [0.3, 0.4) is 0 Å². The molecule has 2 saturated heterocycles. The number of halogens is 1. The number of piperidine rings is 1. The first-order valence-electron chi connectivity index (χ1n) is 8.03. The molecule has 20 heavy (non-hydrogen) atoms. The van der Waals surface area contributed by atoms with Crippen molar-refractivity contribution in [2.45, 2.75) is 57.2 Å². The van der Waals surface area contributed by atoms with Crippen LogP contribution in [0.2, 0.25) is 5.02 Å². The fraction of sp³-hybridized carbons (Fsp3) is 0.647. The highest BCUT2D eigenvalue weighted by Crippen LogP contribution is 2.30. The van der Waals surface area contributed by atoms with Crippen molar-refractivity contribution in [3.63, 3.8) is 0 Å². The van der Waals surface area contributed by atoms with Gasteiger partial charge < -0.3 is 5.32 Å². The molecule has 3 heteroatoms. The monoisotopic (exact) mass is 292 g/mol. The third-order valence-electron chi connectivity index (χ3n) is 4.93. The Kier molecular flexibility index (Phi) is 4.65. The maximum atomic E-state index is 6.14. The molecule has 0 amide bonds. The maximum Gasteiger partial charge on any atom is 0.0409 e. The first kappa shape index (κ1) is 14.4. The van der Waals surface area contributed by atoms with Gasteiger partial charge in [-0.15, -0.1) is 0 Å². The number of benzene rings is 1. The van der Waals surface area contributed by atoms with Gasteiger partial charge in [-0.2, -0.15) is 0 Å². The van der Waals surface area contributed by atoms with Crippen molar-refractivity contribution in [2.24, 2.45) is 0 Å². The number of nitrogens with one attached hydrogen (secondary N) is 1. The van der Waals surface area contributed by atoms with E-state index in [0.29, 0.717) is 12.1 Å². The lowest BCUT2D eigenvalue weighted by molar-refractivity contribution is 0.176. The van der Waals surface area contributed by atoms with Crippen LogP contribution < -0.4 is 5.32 Å². The minimum Gasteiger partial charge on any atom is -0.306 e. The molecule has 2 nitrogen and oxygen atoms in total. The number of rotatable bonds is 4. The molecule has 2 aliphatic heterocycles. The van der Waals surface area contributed by atoms with E-state index >= 15 is 0 Å². The van der Waals surface area contributed by atoms with Gasteiger partial charge in [-0.3, -0.25) is 4.90 Å².